The molecule has 3 aromatic rings. The van der Waals surface area contributed by atoms with Gasteiger partial charge in [-0.25, -0.2) is 13.1 Å². The molecule has 0 unspecified atom stereocenters. The zero-order chi connectivity index (χ0) is 21.7. The highest BCUT2D eigenvalue weighted by molar-refractivity contribution is 7.91. The lowest BCUT2D eigenvalue weighted by Gasteiger charge is -2.10. The molecule has 0 saturated heterocycles. The van der Waals surface area contributed by atoms with Crippen LogP contribution in [-0.4, -0.2) is 38.7 Å². The Morgan fingerprint density at radius 3 is 2.53 bits per heavy atom. The molecule has 0 atom stereocenters. The first-order valence-corrected chi connectivity index (χ1v) is 11.1. The van der Waals surface area contributed by atoms with Crippen molar-refractivity contribution in [2.24, 2.45) is 0 Å². The Bertz CT molecular complexity index is 1170. The normalized spacial score (nSPS) is 11.2. The molecule has 9 nitrogen and oxygen atoms in total. The first-order valence-electron chi connectivity index (χ1n) is 8.44. The van der Waals surface area contributed by atoms with E-state index in [9.17, 15) is 13.2 Å². The third kappa shape index (κ3) is 5.05. The molecule has 1 heterocycles. The van der Waals surface area contributed by atoms with Gasteiger partial charge in [-0.3, -0.25) is 10.1 Å². The van der Waals surface area contributed by atoms with Crippen LogP contribution in [0.1, 0.15) is 15.9 Å². The lowest BCUT2D eigenvalue weighted by atomic mass is 10.2. The van der Waals surface area contributed by atoms with Crippen LogP contribution in [0.25, 0.3) is 0 Å². The molecule has 0 aliphatic heterocycles. The maximum absolute atomic E-state index is 12.5. The predicted molar refractivity (Wildman–Crippen MR) is 113 cm³/mol. The minimum absolute atomic E-state index is 0.00355. The van der Waals surface area contributed by atoms with Gasteiger partial charge in [0.1, 0.15) is 0 Å². The van der Waals surface area contributed by atoms with Crippen LogP contribution in [0.3, 0.4) is 0 Å². The molecule has 1 aromatic heterocycles. The number of sulfonamides is 1. The van der Waals surface area contributed by atoms with E-state index in [1.54, 1.807) is 42.5 Å². The van der Waals surface area contributed by atoms with E-state index >= 15 is 0 Å². The highest BCUT2D eigenvalue weighted by Gasteiger charge is 2.21. The molecule has 2 N–H and O–H groups in total. The zero-order valence-corrected chi connectivity index (χ0v) is 18.3. The summed E-state index contributed by atoms with van der Waals surface area (Å²) in [6.07, 6.45) is 0. The number of nitrogens with one attached hydrogen (secondary N) is 2. The van der Waals surface area contributed by atoms with Gasteiger partial charge in [0, 0.05) is 6.54 Å². The van der Waals surface area contributed by atoms with Gasteiger partial charge in [0.2, 0.25) is 9.47 Å². The van der Waals surface area contributed by atoms with Crippen LogP contribution in [0.5, 0.6) is 11.5 Å². The second kappa shape index (κ2) is 9.39. The van der Waals surface area contributed by atoms with Crippen LogP contribution < -0.4 is 19.5 Å². The van der Waals surface area contributed by atoms with Crippen molar-refractivity contribution < 1.29 is 22.7 Å². The van der Waals surface area contributed by atoms with Crippen molar-refractivity contribution in [1.29, 1.82) is 0 Å². The molecule has 0 aliphatic rings. The number of methoxy groups -OCH3 is 2. The molecule has 2 aromatic carbocycles. The lowest BCUT2D eigenvalue weighted by Crippen LogP contribution is -2.23. The van der Waals surface area contributed by atoms with E-state index in [2.05, 4.69) is 20.2 Å². The molecular weight excluding hydrogens is 452 g/mol. The van der Waals surface area contributed by atoms with E-state index in [1.165, 1.54) is 14.2 Å². The maximum Gasteiger partial charge on any atom is 0.270 e. The number of aromatic nitrogens is 2. The standard InChI is InChI=1S/C18H17ClN4O5S2/c1-27-14-8-7-11(9-15(14)28-2)10-20-30(25,26)18-23-22-17(29-18)21-16(24)12-5-3-4-6-13(12)19/h3-9,20H,10H2,1-2H3,(H,21,22,24). The second-order valence-electron chi connectivity index (χ2n) is 5.82. The highest BCUT2D eigenvalue weighted by atomic mass is 35.5. The van der Waals surface area contributed by atoms with Crippen molar-refractivity contribution in [3.05, 3.63) is 58.6 Å². The van der Waals surface area contributed by atoms with E-state index in [4.69, 9.17) is 21.1 Å². The van der Waals surface area contributed by atoms with E-state index in [0.29, 0.717) is 17.1 Å². The van der Waals surface area contributed by atoms with Crippen molar-refractivity contribution in [3.63, 3.8) is 0 Å². The van der Waals surface area contributed by atoms with E-state index in [1.807, 2.05) is 0 Å². The summed E-state index contributed by atoms with van der Waals surface area (Å²) in [6, 6.07) is 11.5. The Morgan fingerprint density at radius 1 is 1.10 bits per heavy atom. The van der Waals surface area contributed by atoms with Crippen molar-refractivity contribution in [2.75, 3.05) is 19.5 Å². The highest BCUT2D eigenvalue weighted by Crippen LogP contribution is 2.28. The van der Waals surface area contributed by atoms with Crippen molar-refractivity contribution in [1.82, 2.24) is 14.9 Å². The summed E-state index contributed by atoms with van der Waals surface area (Å²) >= 11 is 6.71. The number of carbonyl (C=O) groups is 1. The summed E-state index contributed by atoms with van der Waals surface area (Å²) in [5.74, 6) is 0.501. The molecule has 3 rings (SSSR count). The number of rotatable bonds is 8. The molecule has 30 heavy (non-hydrogen) atoms. The van der Waals surface area contributed by atoms with Gasteiger partial charge >= 0.3 is 0 Å². The van der Waals surface area contributed by atoms with Crippen LogP contribution in [0.4, 0.5) is 5.13 Å². The summed E-state index contributed by atoms with van der Waals surface area (Å²) in [5.41, 5.74) is 0.901. The fourth-order valence-corrected chi connectivity index (χ4v) is 4.58. The fraction of sp³-hybridized carbons (Fsp3) is 0.167. The maximum atomic E-state index is 12.5. The van der Waals surface area contributed by atoms with Gasteiger partial charge in [0.25, 0.3) is 15.9 Å². The molecule has 0 bridgehead atoms. The third-order valence-corrected chi connectivity index (χ3v) is 6.83. The monoisotopic (exact) mass is 468 g/mol. The van der Waals surface area contributed by atoms with Crippen LogP contribution in [-0.2, 0) is 16.6 Å². The number of nitrogens with zero attached hydrogens (tertiary/aromatic N) is 2. The van der Waals surface area contributed by atoms with Gasteiger partial charge in [0.15, 0.2) is 11.5 Å². The van der Waals surface area contributed by atoms with Gasteiger partial charge in [-0.15, -0.1) is 10.2 Å². The molecule has 0 spiro atoms. The van der Waals surface area contributed by atoms with Crippen LogP contribution in [0, 0.1) is 0 Å². The molecule has 1 amide bonds. The van der Waals surface area contributed by atoms with Gasteiger partial charge in [-0.2, -0.15) is 0 Å². The molecule has 0 aliphatic carbocycles. The zero-order valence-electron chi connectivity index (χ0n) is 15.9. The minimum atomic E-state index is -3.94. The minimum Gasteiger partial charge on any atom is -0.493 e. The largest absolute Gasteiger partial charge is 0.493 e. The number of benzene rings is 2. The van der Waals surface area contributed by atoms with E-state index < -0.39 is 15.9 Å². The molecule has 0 saturated carbocycles. The number of hydrogen-bond donors (Lipinski definition) is 2. The summed E-state index contributed by atoms with van der Waals surface area (Å²) < 4.78 is 37.5. The summed E-state index contributed by atoms with van der Waals surface area (Å²) in [6.45, 7) is 0.00355. The lowest BCUT2D eigenvalue weighted by molar-refractivity contribution is 0.102. The number of anilines is 1. The fourth-order valence-electron chi connectivity index (χ4n) is 2.41. The predicted octanol–water partition coefficient (Wildman–Crippen LogP) is 2.94. The van der Waals surface area contributed by atoms with Gasteiger partial charge in [0.05, 0.1) is 24.8 Å². The average Bonchev–Trinajstić information content (AvgIpc) is 3.21. The van der Waals surface area contributed by atoms with Gasteiger partial charge < -0.3 is 9.47 Å². The number of halogens is 1. The van der Waals surface area contributed by atoms with Crippen LogP contribution in [0.15, 0.2) is 46.8 Å². The Balaban J connectivity index is 1.68. The summed E-state index contributed by atoms with van der Waals surface area (Å²) in [7, 11) is -0.933. The third-order valence-electron chi connectivity index (χ3n) is 3.89. The summed E-state index contributed by atoms with van der Waals surface area (Å²) in [5, 5.41) is 10.2. The van der Waals surface area contributed by atoms with Crippen molar-refractivity contribution >= 4 is 44.0 Å². The van der Waals surface area contributed by atoms with Crippen LogP contribution in [0.2, 0.25) is 5.02 Å². The first kappa shape index (κ1) is 22.0. The molecule has 0 fully saturated rings. The Morgan fingerprint density at radius 2 is 1.83 bits per heavy atom. The number of ether oxygens (including phenoxy) is 2. The Labute approximate surface area is 182 Å². The number of amides is 1. The molecule has 158 valence electrons. The first-order chi connectivity index (χ1) is 14.3. The van der Waals surface area contributed by atoms with Crippen LogP contribution >= 0.6 is 22.9 Å². The molecule has 12 heteroatoms. The topological polar surface area (TPSA) is 120 Å². The Hall–Kier alpha value is -2.73. The quantitative estimate of drug-likeness (QED) is 0.487. The van der Waals surface area contributed by atoms with Gasteiger partial charge in [-0.05, 0) is 29.8 Å². The summed E-state index contributed by atoms with van der Waals surface area (Å²) in [4.78, 5) is 12.3. The molecule has 0 radical (unpaired) electrons. The van der Waals surface area contributed by atoms with Crippen molar-refractivity contribution in [3.8, 4) is 11.5 Å². The molecular formula is C18H17ClN4O5S2. The second-order valence-corrected chi connectivity index (χ2v) is 9.15. The van der Waals surface area contributed by atoms with E-state index in [0.717, 1.165) is 11.3 Å². The number of hydrogen-bond acceptors (Lipinski definition) is 8. The van der Waals surface area contributed by atoms with E-state index in [-0.39, 0.29) is 26.6 Å². The Kier molecular flexibility index (Phi) is 6.87. The SMILES string of the molecule is COc1ccc(CNS(=O)(=O)c2nnc(NC(=O)c3ccccc3Cl)s2)cc1OC. The average molecular weight is 469 g/mol. The number of carbonyl (C=O) groups excluding carboxylic acids is 1. The van der Waals surface area contributed by atoms with Gasteiger partial charge in [-0.1, -0.05) is 41.1 Å². The van der Waals surface area contributed by atoms with Crippen molar-refractivity contribution in [2.45, 2.75) is 10.9 Å². The smallest absolute Gasteiger partial charge is 0.270 e.